The number of nitrogens with zero attached hydrogens (tertiary/aromatic N) is 2. The zero-order chi connectivity index (χ0) is 12.7. The van der Waals surface area contributed by atoms with E-state index in [2.05, 4.69) is 34.4 Å². The Bertz CT molecular complexity index is 352. The molecule has 18 heavy (non-hydrogen) atoms. The Balaban J connectivity index is 0.00000289. The Hall–Kier alpha value is -1.33. The molecule has 1 heterocycles. The normalized spacial score (nSPS) is 9.50. The van der Waals surface area contributed by atoms with Gasteiger partial charge in [0.15, 0.2) is 0 Å². The Morgan fingerprint density at radius 2 is 2.00 bits per heavy atom. The first-order valence-electron chi connectivity index (χ1n) is 5.86. The van der Waals surface area contributed by atoms with Gasteiger partial charge in [-0.05, 0) is 33.0 Å². The first kappa shape index (κ1) is 16.7. The van der Waals surface area contributed by atoms with Crippen LogP contribution in [0.15, 0.2) is 18.3 Å². The van der Waals surface area contributed by atoms with E-state index in [1.807, 2.05) is 12.1 Å². The van der Waals surface area contributed by atoms with E-state index in [-0.39, 0.29) is 18.3 Å². The molecule has 102 valence electrons. The highest BCUT2D eigenvalue weighted by Gasteiger charge is 2.04. The summed E-state index contributed by atoms with van der Waals surface area (Å²) in [7, 11) is 1.74. The van der Waals surface area contributed by atoms with Crippen LogP contribution in [0.5, 0.6) is 0 Å². The lowest BCUT2D eigenvalue weighted by molar-refractivity contribution is -0.115. The maximum absolute atomic E-state index is 11.3. The topological polar surface area (TPSA) is 57.3 Å². The minimum absolute atomic E-state index is 0. The number of hydrogen-bond donors (Lipinski definition) is 2. The van der Waals surface area contributed by atoms with Gasteiger partial charge in [0.1, 0.15) is 5.82 Å². The van der Waals surface area contributed by atoms with E-state index < -0.39 is 0 Å². The molecule has 1 amide bonds. The molecule has 0 saturated carbocycles. The maximum Gasteiger partial charge on any atom is 0.238 e. The summed E-state index contributed by atoms with van der Waals surface area (Å²) in [5, 5.41) is 5.56. The molecule has 0 aromatic carbocycles. The summed E-state index contributed by atoms with van der Waals surface area (Å²) in [5.74, 6) is 0.867. The number of aromatic nitrogens is 1. The molecule has 0 radical (unpaired) electrons. The van der Waals surface area contributed by atoms with E-state index in [9.17, 15) is 4.79 Å². The van der Waals surface area contributed by atoms with E-state index in [0.717, 1.165) is 24.6 Å². The second kappa shape index (κ2) is 8.72. The van der Waals surface area contributed by atoms with Crippen LogP contribution in [0, 0.1) is 0 Å². The maximum atomic E-state index is 11.3. The standard InChI is InChI=1S/C12H20N4O.ClH/c1-4-16(5-2)11-7-6-10(8-14-11)15-12(17)9-13-3;/h6-8,13H,4-5,9H2,1-3H3,(H,15,17);1H. The number of pyridine rings is 1. The summed E-state index contributed by atoms with van der Waals surface area (Å²) in [6, 6.07) is 3.79. The third-order valence-corrected chi connectivity index (χ3v) is 2.46. The van der Waals surface area contributed by atoms with Crippen molar-refractivity contribution in [2.24, 2.45) is 0 Å². The van der Waals surface area contributed by atoms with Gasteiger partial charge in [-0.25, -0.2) is 4.98 Å². The van der Waals surface area contributed by atoms with Crippen LogP contribution in [0.1, 0.15) is 13.8 Å². The predicted molar refractivity (Wildman–Crippen MR) is 77.6 cm³/mol. The number of nitrogens with one attached hydrogen (secondary N) is 2. The van der Waals surface area contributed by atoms with Crippen molar-refractivity contribution in [3.05, 3.63) is 18.3 Å². The SMILES string of the molecule is CCN(CC)c1ccc(NC(=O)CNC)cn1.Cl. The Kier molecular flexibility index (Phi) is 8.07. The lowest BCUT2D eigenvalue weighted by atomic mass is 10.3. The van der Waals surface area contributed by atoms with Gasteiger partial charge in [-0.1, -0.05) is 0 Å². The van der Waals surface area contributed by atoms with Gasteiger partial charge in [0.05, 0.1) is 18.4 Å². The number of carbonyl (C=O) groups excluding carboxylic acids is 1. The molecule has 0 aliphatic rings. The van der Waals surface area contributed by atoms with Gasteiger partial charge in [-0.15, -0.1) is 12.4 Å². The van der Waals surface area contributed by atoms with Crippen molar-refractivity contribution in [2.75, 3.05) is 36.9 Å². The molecule has 0 fully saturated rings. The van der Waals surface area contributed by atoms with Crippen LogP contribution in [0.2, 0.25) is 0 Å². The smallest absolute Gasteiger partial charge is 0.238 e. The Morgan fingerprint density at radius 3 is 2.44 bits per heavy atom. The molecule has 2 N–H and O–H groups in total. The number of rotatable bonds is 6. The third-order valence-electron chi connectivity index (χ3n) is 2.46. The first-order chi connectivity index (χ1) is 8.21. The average molecular weight is 273 g/mol. The van der Waals surface area contributed by atoms with Gasteiger partial charge >= 0.3 is 0 Å². The van der Waals surface area contributed by atoms with Gasteiger partial charge in [0.2, 0.25) is 5.91 Å². The van der Waals surface area contributed by atoms with Gasteiger partial charge in [0.25, 0.3) is 0 Å². The molecule has 1 aromatic heterocycles. The van der Waals surface area contributed by atoms with Crippen LogP contribution in [-0.4, -0.2) is 37.6 Å². The summed E-state index contributed by atoms with van der Waals surface area (Å²) in [6.45, 7) is 6.34. The van der Waals surface area contributed by atoms with E-state index in [4.69, 9.17) is 0 Å². The zero-order valence-electron chi connectivity index (χ0n) is 11.1. The lowest BCUT2D eigenvalue weighted by Gasteiger charge is -2.19. The number of hydrogen-bond acceptors (Lipinski definition) is 4. The second-order valence-corrected chi connectivity index (χ2v) is 3.66. The molecular weight excluding hydrogens is 252 g/mol. The van der Waals surface area contributed by atoms with Crippen LogP contribution in [0.25, 0.3) is 0 Å². The quantitative estimate of drug-likeness (QED) is 0.824. The molecule has 0 aliphatic heterocycles. The van der Waals surface area contributed by atoms with Crippen molar-refractivity contribution < 1.29 is 4.79 Å². The second-order valence-electron chi connectivity index (χ2n) is 3.66. The summed E-state index contributed by atoms with van der Waals surface area (Å²) >= 11 is 0. The molecule has 0 aliphatic carbocycles. The first-order valence-corrected chi connectivity index (χ1v) is 5.86. The molecule has 0 spiro atoms. The number of anilines is 2. The van der Waals surface area contributed by atoms with Crippen molar-refractivity contribution in [1.82, 2.24) is 10.3 Å². The monoisotopic (exact) mass is 272 g/mol. The van der Waals surface area contributed by atoms with Crippen LogP contribution >= 0.6 is 12.4 Å². The number of halogens is 1. The van der Waals surface area contributed by atoms with Gasteiger partial charge < -0.3 is 15.5 Å². The minimum Gasteiger partial charge on any atom is -0.357 e. The van der Waals surface area contributed by atoms with Gasteiger partial charge in [-0.3, -0.25) is 4.79 Å². The minimum atomic E-state index is -0.0649. The molecular formula is C12H21ClN4O. The van der Waals surface area contributed by atoms with E-state index in [1.54, 1.807) is 13.2 Å². The molecule has 0 unspecified atom stereocenters. The van der Waals surface area contributed by atoms with Crippen LogP contribution in [0.3, 0.4) is 0 Å². The zero-order valence-corrected chi connectivity index (χ0v) is 11.9. The van der Waals surface area contributed by atoms with Crippen molar-refractivity contribution in [3.63, 3.8) is 0 Å². The fourth-order valence-electron chi connectivity index (χ4n) is 1.56. The molecule has 0 atom stereocenters. The number of carbonyl (C=O) groups is 1. The highest BCUT2D eigenvalue weighted by atomic mass is 35.5. The molecule has 0 saturated heterocycles. The highest BCUT2D eigenvalue weighted by molar-refractivity contribution is 5.92. The van der Waals surface area contributed by atoms with Crippen molar-refractivity contribution >= 4 is 29.8 Å². The Labute approximate surface area is 114 Å². The van der Waals surface area contributed by atoms with E-state index >= 15 is 0 Å². The van der Waals surface area contributed by atoms with Crippen LogP contribution < -0.4 is 15.5 Å². The summed E-state index contributed by atoms with van der Waals surface area (Å²) in [4.78, 5) is 17.8. The molecule has 1 aromatic rings. The van der Waals surface area contributed by atoms with Crippen molar-refractivity contribution in [3.8, 4) is 0 Å². The van der Waals surface area contributed by atoms with Crippen molar-refractivity contribution in [1.29, 1.82) is 0 Å². The summed E-state index contributed by atoms with van der Waals surface area (Å²) in [5.41, 5.74) is 0.723. The third kappa shape index (κ3) is 4.89. The summed E-state index contributed by atoms with van der Waals surface area (Å²) < 4.78 is 0. The van der Waals surface area contributed by atoms with Crippen molar-refractivity contribution in [2.45, 2.75) is 13.8 Å². The molecule has 1 rings (SSSR count). The lowest BCUT2D eigenvalue weighted by Crippen LogP contribution is -2.25. The fraction of sp³-hybridized carbons (Fsp3) is 0.500. The van der Waals surface area contributed by atoms with E-state index in [1.165, 1.54) is 0 Å². The number of amides is 1. The molecule has 5 nitrogen and oxygen atoms in total. The van der Waals surface area contributed by atoms with Gasteiger partial charge in [0, 0.05) is 13.1 Å². The molecule has 0 bridgehead atoms. The highest BCUT2D eigenvalue weighted by Crippen LogP contribution is 2.13. The predicted octanol–water partition coefficient (Wildman–Crippen LogP) is 1.51. The fourth-order valence-corrected chi connectivity index (χ4v) is 1.56. The largest absolute Gasteiger partial charge is 0.357 e. The Morgan fingerprint density at radius 1 is 1.33 bits per heavy atom. The molecule has 6 heteroatoms. The average Bonchev–Trinajstić information content (AvgIpc) is 2.33. The van der Waals surface area contributed by atoms with Crippen LogP contribution in [0.4, 0.5) is 11.5 Å². The van der Waals surface area contributed by atoms with Crippen LogP contribution in [-0.2, 0) is 4.79 Å². The van der Waals surface area contributed by atoms with E-state index in [0.29, 0.717) is 6.54 Å². The summed E-state index contributed by atoms with van der Waals surface area (Å²) in [6.07, 6.45) is 1.68. The van der Waals surface area contributed by atoms with Gasteiger partial charge in [-0.2, -0.15) is 0 Å². The number of likely N-dealkylation sites (N-methyl/N-ethyl adjacent to an activating group) is 1.